The van der Waals surface area contributed by atoms with Crippen LogP contribution in [-0.2, 0) is 0 Å². The van der Waals surface area contributed by atoms with E-state index in [4.69, 9.17) is 0 Å². The zero-order chi connectivity index (χ0) is 11.0. The Kier molecular flexibility index (Phi) is 1.93. The zero-order valence-electron chi connectivity index (χ0n) is 8.57. The number of benzene rings is 2. The predicted molar refractivity (Wildman–Crippen MR) is 64.2 cm³/mol. The van der Waals surface area contributed by atoms with E-state index in [-0.39, 0.29) is 5.75 Å². The van der Waals surface area contributed by atoms with Crippen LogP contribution in [0.15, 0.2) is 48.7 Å². The van der Waals surface area contributed by atoms with Gasteiger partial charge in [0, 0.05) is 17.3 Å². The number of aromatic nitrogens is 1. The molecule has 3 rings (SSSR count). The van der Waals surface area contributed by atoms with Crippen LogP contribution < -0.4 is 0 Å². The van der Waals surface area contributed by atoms with Crippen molar-refractivity contribution in [3.63, 3.8) is 0 Å². The highest BCUT2D eigenvalue weighted by atomic mass is 16.3. The number of rotatable bonds is 1. The fraction of sp³-hybridized carbons (Fsp3) is 0. The van der Waals surface area contributed by atoms with Gasteiger partial charge in [-0.15, -0.1) is 0 Å². The minimum atomic E-state index is 0.261. The largest absolute Gasteiger partial charge is 0.507 e. The lowest BCUT2D eigenvalue weighted by Crippen LogP contribution is -1.78. The van der Waals surface area contributed by atoms with Gasteiger partial charge in [0.25, 0.3) is 0 Å². The standard InChI is InChI=1S/C14H10NO/c16-14-4-2-1-3-12(14)10-5-6-13-11(9-10)7-8-15-13/h1,3-9,15-16H. The van der Waals surface area contributed by atoms with Crippen LogP contribution in [-0.4, -0.2) is 10.1 Å². The maximum atomic E-state index is 9.75. The molecule has 0 saturated heterocycles. The molecule has 3 aromatic rings. The van der Waals surface area contributed by atoms with Gasteiger partial charge in [0.1, 0.15) is 5.75 Å². The summed E-state index contributed by atoms with van der Waals surface area (Å²) < 4.78 is 0. The number of aromatic amines is 1. The number of hydrogen-bond acceptors (Lipinski definition) is 1. The van der Waals surface area contributed by atoms with Crippen LogP contribution in [0.1, 0.15) is 0 Å². The molecule has 2 nitrogen and oxygen atoms in total. The molecule has 0 spiro atoms. The molecular formula is C14H10NO. The number of aromatic hydroxyl groups is 1. The molecule has 1 radical (unpaired) electrons. The Morgan fingerprint density at radius 3 is 2.94 bits per heavy atom. The van der Waals surface area contributed by atoms with E-state index in [0.29, 0.717) is 0 Å². The molecule has 2 N–H and O–H groups in total. The SMILES string of the molecule is Oc1c[c]ccc1-c1ccc2[nH]ccc2c1. The Balaban J connectivity index is 2.22. The summed E-state index contributed by atoms with van der Waals surface area (Å²) in [5, 5.41) is 10.9. The molecule has 0 atom stereocenters. The van der Waals surface area contributed by atoms with Crippen molar-refractivity contribution in [2.24, 2.45) is 0 Å². The van der Waals surface area contributed by atoms with E-state index in [1.54, 1.807) is 12.1 Å². The molecule has 1 aromatic heterocycles. The normalized spacial score (nSPS) is 10.8. The van der Waals surface area contributed by atoms with Crippen LogP contribution in [0, 0.1) is 6.07 Å². The van der Waals surface area contributed by atoms with Crippen LogP contribution in [0.3, 0.4) is 0 Å². The highest BCUT2D eigenvalue weighted by Crippen LogP contribution is 2.30. The van der Waals surface area contributed by atoms with Crippen molar-refractivity contribution in [1.82, 2.24) is 4.98 Å². The lowest BCUT2D eigenvalue weighted by Gasteiger charge is -2.04. The second-order valence-corrected chi connectivity index (χ2v) is 3.72. The van der Waals surface area contributed by atoms with Gasteiger partial charge < -0.3 is 10.1 Å². The Morgan fingerprint density at radius 1 is 1.12 bits per heavy atom. The minimum Gasteiger partial charge on any atom is -0.507 e. The molecule has 2 aromatic carbocycles. The smallest absolute Gasteiger partial charge is 0.124 e. The van der Waals surface area contributed by atoms with Gasteiger partial charge in [0.2, 0.25) is 0 Å². The fourth-order valence-corrected chi connectivity index (χ4v) is 1.89. The van der Waals surface area contributed by atoms with Gasteiger partial charge in [0.05, 0.1) is 0 Å². The number of H-pyrrole nitrogens is 1. The molecular weight excluding hydrogens is 198 g/mol. The molecule has 16 heavy (non-hydrogen) atoms. The van der Waals surface area contributed by atoms with Crippen molar-refractivity contribution in [1.29, 1.82) is 0 Å². The van der Waals surface area contributed by atoms with E-state index in [1.165, 1.54) is 0 Å². The summed E-state index contributed by atoms with van der Waals surface area (Å²) in [5.41, 5.74) is 2.95. The first kappa shape index (κ1) is 9.04. The molecule has 1 heterocycles. The van der Waals surface area contributed by atoms with Crippen molar-refractivity contribution in [3.8, 4) is 16.9 Å². The van der Waals surface area contributed by atoms with Crippen molar-refractivity contribution in [2.45, 2.75) is 0 Å². The number of fused-ring (bicyclic) bond motifs is 1. The summed E-state index contributed by atoms with van der Waals surface area (Å²) in [6.07, 6.45) is 1.91. The summed E-state index contributed by atoms with van der Waals surface area (Å²) in [6, 6.07) is 16.2. The highest BCUT2D eigenvalue weighted by molar-refractivity contribution is 5.86. The van der Waals surface area contributed by atoms with Crippen LogP contribution in [0.25, 0.3) is 22.0 Å². The summed E-state index contributed by atoms with van der Waals surface area (Å²) >= 11 is 0. The third-order valence-corrected chi connectivity index (χ3v) is 2.71. The Bertz CT molecular complexity index is 640. The van der Waals surface area contributed by atoms with Crippen molar-refractivity contribution in [2.75, 3.05) is 0 Å². The fourth-order valence-electron chi connectivity index (χ4n) is 1.89. The zero-order valence-corrected chi connectivity index (χ0v) is 8.57. The highest BCUT2D eigenvalue weighted by Gasteiger charge is 2.04. The Labute approximate surface area is 93.2 Å². The van der Waals surface area contributed by atoms with Gasteiger partial charge in [0.15, 0.2) is 0 Å². The van der Waals surface area contributed by atoms with E-state index in [0.717, 1.165) is 22.0 Å². The molecule has 2 heteroatoms. The summed E-state index contributed by atoms with van der Waals surface area (Å²) in [5.74, 6) is 0.261. The average Bonchev–Trinajstić information content (AvgIpc) is 2.76. The lowest BCUT2D eigenvalue weighted by atomic mass is 10.0. The number of hydrogen-bond donors (Lipinski definition) is 2. The van der Waals surface area contributed by atoms with Crippen LogP contribution >= 0.6 is 0 Å². The molecule has 0 aliphatic heterocycles. The molecule has 77 valence electrons. The molecule has 0 fully saturated rings. The maximum absolute atomic E-state index is 9.75. The first-order valence-electron chi connectivity index (χ1n) is 5.11. The number of phenolic OH excluding ortho intramolecular Hbond substituents is 1. The molecule has 0 unspecified atom stereocenters. The maximum Gasteiger partial charge on any atom is 0.124 e. The monoisotopic (exact) mass is 208 g/mol. The molecule has 0 amide bonds. The van der Waals surface area contributed by atoms with Crippen LogP contribution in [0.4, 0.5) is 0 Å². The van der Waals surface area contributed by atoms with Gasteiger partial charge in [-0.05, 0) is 41.3 Å². The second kappa shape index (κ2) is 3.42. The van der Waals surface area contributed by atoms with E-state index < -0.39 is 0 Å². The molecule has 0 aliphatic carbocycles. The van der Waals surface area contributed by atoms with Gasteiger partial charge >= 0.3 is 0 Å². The van der Waals surface area contributed by atoms with E-state index >= 15 is 0 Å². The topological polar surface area (TPSA) is 36.0 Å². The van der Waals surface area contributed by atoms with Crippen LogP contribution in [0.5, 0.6) is 5.75 Å². The average molecular weight is 208 g/mol. The summed E-state index contributed by atoms with van der Waals surface area (Å²) in [7, 11) is 0. The molecule has 0 bridgehead atoms. The Morgan fingerprint density at radius 2 is 2.06 bits per heavy atom. The lowest BCUT2D eigenvalue weighted by molar-refractivity contribution is 0.477. The first-order valence-corrected chi connectivity index (χ1v) is 5.11. The van der Waals surface area contributed by atoms with Crippen molar-refractivity contribution in [3.05, 3.63) is 54.7 Å². The molecule has 0 saturated carbocycles. The van der Waals surface area contributed by atoms with Gasteiger partial charge in [-0.25, -0.2) is 0 Å². The quantitative estimate of drug-likeness (QED) is 0.632. The predicted octanol–water partition coefficient (Wildman–Crippen LogP) is 3.34. The van der Waals surface area contributed by atoms with Gasteiger partial charge in [-0.1, -0.05) is 18.2 Å². The summed E-state index contributed by atoms with van der Waals surface area (Å²) in [6.45, 7) is 0. The Hall–Kier alpha value is -2.22. The first-order chi connectivity index (χ1) is 7.84. The van der Waals surface area contributed by atoms with Gasteiger partial charge in [-0.3, -0.25) is 0 Å². The number of phenols is 1. The van der Waals surface area contributed by atoms with E-state index in [2.05, 4.69) is 17.1 Å². The molecule has 0 aliphatic rings. The van der Waals surface area contributed by atoms with E-state index in [1.807, 2.05) is 30.5 Å². The third-order valence-electron chi connectivity index (χ3n) is 2.71. The third kappa shape index (κ3) is 1.36. The second-order valence-electron chi connectivity index (χ2n) is 3.72. The van der Waals surface area contributed by atoms with Crippen molar-refractivity contribution < 1.29 is 5.11 Å². The number of nitrogens with one attached hydrogen (secondary N) is 1. The minimum absolute atomic E-state index is 0.261. The van der Waals surface area contributed by atoms with Crippen LogP contribution in [0.2, 0.25) is 0 Å². The van der Waals surface area contributed by atoms with E-state index in [9.17, 15) is 5.11 Å². The summed E-state index contributed by atoms with van der Waals surface area (Å²) in [4.78, 5) is 3.14. The van der Waals surface area contributed by atoms with Crippen molar-refractivity contribution >= 4 is 10.9 Å². The van der Waals surface area contributed by atoms with Gasteiger partial charge in [-0.2, -0.15) is 0 Å².